The lowest BCUT2D eigenvalue weighted by Crippen LogP contribution is -2.12. The molecule has 0 unspecified atom stereocenters. The Kier molecular flexibility index (Phi) is 7.89. The number of pyridine rings is 1. The predicted octanol–water partition coefficient (Wildman–Crippen LogP) is 11.0. The van der Waals surface area contributed by atoms with Crippen LogP contribution in [0.3, 0.4) is 0 Å². The number of hydrogen-bond donors (Lipinski definition) is 1. The number of benzene rings is 4. The predicted molar refractivity (Wildman–Crippen MR) is 206 cm³/mol. The summed E-state index contributed by atoms with van der Waals surface area (Å²) < 4.78 is 2.13. The van der Waals surface area contributed by atoms with Crippen LogP contribution in [0.5, 0.6) is 5.75 Å². The van der Waals surface area contributed by atoms with E-state index in [9.17, 15) is 5.11 Å². The van der Waals surface area contributed by atoms with Crippen LogP contribution in [0.1, 0.15) is 79.0 Å². The van der Waals surface area contributed by atoms with Gasteiger partial charge in [0.25, 0.3) is 0 Å². The van der Waals surface area contributed by atoms with Gasteiger partial charge in [0, 0.05) is 34.2 Å². The Morgan fingerprint density at radius 1 is 0.500 bits per heavy atom. The molecule has 7 aromatic rings. The molecule has 0 aliphatic rings. The summed E-state index contributed by atoms with van der Waals surface area (Å²) in [5.74, 6) is 2.40. The van der Waals surface area contributed by atoms with Crippen LogP contribution >= 0.6 is 0 Å². The van der Waals surface area contributed by atoms with Crippen molar-refractivity contribution in [2.45, 2.75) is 78.6 Å². The van der Waals surface area contributed by atoms with Crippen LogP contribution in [-0.2, 0) is 16.2 Å². The van der Waals surface area contributed by atoms with E-state index in [4.69, 9.17) is 19.9 Å². The maximum Gasteiger partial charge on any atom is 0.167 e. The van der Waals surface area contributed by atoms with Gasteiger partial charge in [0.2, 0.25) is 0 Å². The largest absolute Gasteiger partial charge is 0.507 e. The minimum absolute atomic E-state index is 0.0206. The van der Waals surface area contributed by atoms with Gasteiger partial charge in [-0.15, -0.1) is 0 Å². The first kappa shape index (κ1) is 33.2. The topological polar surface area (TPSA) is 76.7 Å². The molecule has 0 radical (unpaired) electrons. The van der Waals surface area contributed by atoms with Gasteiger partial charge in [-0.25, -0.2) is 19.9 Å². The van der Waals surface area contributed by atoms with Gasteiger partial charge in [-0.3, -0.25) is 4.57 Å². The third-order valence-corrected chi connectivity index (χ3v) is 9.53. The molecule has 6 nitrogen and oxygen atoms in total. The number of fused-ring (bicyclic) bond motifs is 3. The van der Waals surface area contributed by atoms with Crippen LogP contribution in [0.2, 0.25) is 0 Å². The third kappa shape index (κ3) is 6.15. The summed E-state index contributed by atoms with van der Waals surface area (Å²) >= 11 is 0. The lowest BCUT2D eigenvalue weighted by atomic mass is 9.86. The van der Waals surface area contributed by atoms with Gasteiger partial charge in [-0.1, -0.05) is 129 Å². The normalized spacial score (nSPS) is 12.6. The van der Waals surface area contributed by atoms with Crippen molar-refractivity contribution in [1.82, 2.24) is 24.5 Å². The lowest BCUT2D eigenvalue weighted by Gasteiger charge is -2.20. The summed E-state index contributed by atoms with van der Waals surface area (Å²) in [6.07, 6.45) is 1.86. The maximum absolute atomic E-state index is 11.8. The van der Waals surface area contributed by atoms with Gasteiger partial charge < -0.3 is 5.11 Å². The van der Waals surface area contributed by atoms with Gasteiger partial charge in [0.15, 0.2) is 17.5 Å². The average molecular weight is 660 g/mol. The van der Waals surface area contributed by atoms with E-state index in [1.54, 1.807) is 0 Å². The van der Waals surface area contributed by atoms with E-state index in [0.717, 1.165) is 38.8 Å². The van der Waals surface area contributed by atoms with Crippen molar-refractivity contribution in [1.29, 1.82) is 0 Å². The van der Waals surface area contributed by atoms with Crippen LogP contribution in [0.4, 0.5) is 0 Å². The van der Waals surface area contributed by atoms with Gasteiger partial charge >= 0.3 is 0 Å². The van der Waals surface area contributed by atoms with Crippen LogP contribution in [0.15, 0.2) is 103 Å². The summed E-state index contributed by atoms with van der Waals surface area (Å²) in [5.41, 5.74) is 7.83. The second-order valence-electron chi connectivity index (χ2n) is 16.4. The van der Waals surface area contributed by atoms with E-state index in [1.165, 1.54) is 16.7 Å². The summed E-state index contributed by atoms with van der Waals surface area (Å²) in [6, 6.07) is 33.1. The molecule has 0 spiro atoms. The molecule has 3 aromatic heterocycles. The van der Waals surface area contributed by atoms with Gasteiger partial charge in [-0.2, -0.15) is 0 Å². The number of rotatable bonds is 4. The number of nitrogens with zero attached hydrogens (tertiary/aromatic N) is 5. The van der Waals surface area contributed by atoms with Gasteiger partial charge in [0.05, 0.1) is 16.6 Å². The maximum atomic E-state index is 11.8. The zero-order valence-corrected chi connectivity index (χ0v) is 30.5. The lowest BCUT2D eigenvalue weighted by molar-refractivity contribution is 0.477. The summed E-state index contributed by atoms with van der Waals surface area (Å²) in [6.45, 7) is 19.8. The van der Waals surface area contributed by atoms with E-state index in [1.807, 2.05) is 30.5 Å². The molecule has 0 saturated carbocycles. The molecule has 0 amide bonds. The zero-order valence-electron chi connectivity index (χ0n) is 30.5. The van der Waals surface area contributed by atoms with E-state index in [-0.39, 0.29) is 22.0 Å². The molecule has 0 bridgehead atoms. The number of phenols is 1. The fraction of sp³-hybridized carbons (Fsp3) is 0.273. The molecule has 252 valence electrons. The number of para-hydroxylation sites is 1. The summed E-state index contributed by atoms with van der Waals surface area (Å²) in [7, 11) is 0. The molecule has 7 rings (SSSR count). The van der Waals surface area contributed by atoms with Crippen LogP contribution < -0.4 is 0 Å². The molecule has 3 heterocycles. The average Bonchev–Trinajstić information content (AvgIpc) is 3.39. The summed E-state index contributed by atoms with van der Waals surface area (Å²) in [4.78, 5) is 19.8. The Morgan fingerprint density at radius 2 is 1.02 bits per heavy atom. The van der Waals surface area contributed by atoms with Gasteiger partial charge in [-0.05, 0) is 57.2 Å². The van der Waals surface area contributed by atoms with Crippen molar-refractivity contribution < 1.29 is 5.11 Å². The minimum Gasteiger partial charge on any atom is -0.507 e. The highest BCUT2D eigenvalue weighted by molar-refractivity contribution is 6.11. The third-order valence-electron chi connectivity index (χ3n) is 9.53. The first-order valence-corrected chi connectivity index (χ1v) is 17.3. The zero-order chi connectivity index (χ0) is 35.6. The highest BCUT2D eigenvalue weighted by Gasteiger charge is 2.22. The number of aromatic hydroxyl groups is 1. The molecular weight excluding hydrogens is 615 g/mol. The molecule has 0 aliphatic heterocycles. The summed E-state index contributed by atoms with van der Waals surface area (Å²) in [5, 5.41) is 13.8. The van der Waals surface area contributed by atoms with Crippen molar-refractivity contribution in [3.05, 3.63) is 120 Å². The van der Waals surface area contributed by atoms with Crippen molar-refractivity contribution >= 4 is 21.8 Å². The monoisotopic (exact) mass is 659 g/mol. The molecule has 6 heteroatoms. The Bertz CT molecular complexity index is 2290. The molecule has 1 N–H and O–H groups in total. The van der Waals surface area contributed by atoms with E-state index < -0.39 is 0 Å². The Balaban J connectivity index is 1.44. The Morgan fingerprint density at radius 3 is 1.56 bits per heavy atom. The van der Waals surface area contributed by atoms with Crippen molar-refractivity contribution in [2.24, 2.45) is 0 Å². The number of phenolic OH excluding ortho intramolecular Hbond substituents is 1. The van der Waals surface area contributed by atoms with Crippen LogP contribution in [-0.4, -0.2) is 29.6 Å². The molecule has 0 aliphatic carbocycles. The quantitative estimate of drug-likeness (QED) is 0.203. The molecule has 50 heavy (non-hydrogen) atoms. The highest BCUT2D eigenvalue weighted by Crippen LogP contribution is 2.40. The fourth-order valence-electron chi connectivity index (χ4n) is 6.43. The number of hydrogen-bond acceptors (Lipinski definition) is 5. The SMILES string of the molecule is CC(C)(C)c1ccc(-c2nc(-c3ccc(C(C)(C)C)cc3)nc(-c3cc4c5ccccc5n(-c5cc(C(C)(C)C)ccn5)c4cc3O)n2)cc1. The van der Waals surface area contributed by atoms with Crippen molar-refractivity contribution in [3.8, 4) is 45.7 Å². The smallest absolute Gasteiger partial charge is 0.167 e. The molecule has 4 aromatic carbocycles. The molecule has 0 atom stereocenters. The Hall–Kier alpha value is -5.36. The van der Waals surface area contributed by atoms with Crippen molar-refractivity contribution in [3.63, 3.8) is 0 Å². The fourth-order valence-corrected chi connectivity index (χ4v) is 6.43. The number of aromatic nitrogens is 5. The van der Waals surface area contributed by atoms with Crippen LogP contribution in [0, 0.1) is 0 Å². The second kappa shape index (κ2) is 11.9. The first-order valence-electron chi connectivity index (χ1n) is 17.3. The molecule has 0 fully saturated rings. The highest BCUT2D eigenvalue weighted by atomic mass is 16.3. The van der Waals surface area contributed by atoms with E-state index in [0.29, 0.717) is 23.0 Å². The molecule has 0 saturated heterocycles. The standard InChI is InChI=1S/C44H45N5O/c1-42(2,3)29-18-14-27(15-19-29)39-46-40(28-16-20-30(21-17-28)43(4,5)6)48-41(47-39)34-25-33-32-12-10-11-13-35(32)49(36(33)26-37(34)50)38-24-31(22-23-45-38)44(7,8)9/h10-26,50H,1-9H3. The Labute approximate surface area is 294 Å². The van der Waals surface area contributed by atoms with Crippen molar-refractivity contribution in [2.75, 3.05) is 0 Å². The first-order chi connectivity index (χ1) is 23.6. The molecular formula is C44H45N5O. The van der Waals surface area contributed by atoms with E-state index >= 15 is 0 Å². The second-order valence-corrected chi connectivity index (χ2v) is 16.4. The van der Waals surface area contributed by atoms with Gasteiger partial charge in [0.1, 0.15) is 11.6 Å². The van der Waals surface area contributed by atoms with Crippen LogP contribution in [0.25, 0.3) is 61.8 Å². The minimum atomic E-state index is -0.0417. The van der Waals surface area contributed by atoms with E-state index in [2.05, 4.69) is 140 Å².